The highest BCUT2D eigenvalue weighted by molar-refractivity contribution is 7.99. The molecule has 1 unspecified atom stereocenters. The fourth-order valence-electron chi connectivity index (χ4n) is 3.22. The monoisotopic (exact) mass is 328 g/mol. The number of thioether (sulfide) groups is 1. The summed E-state index contributed by atoms with van der Waals surface area (Å²) in [6.45, 7) is 3.29. The van der Waals surface area contributed by atoms with Crippen molar-refractivity contribution in [3.8, 4) is 5.75 Å². The predicted molar refractivity (Wildman–Crippen MR) is 91.6 cm³/mol. The van der Waals surface area contributed by atoms with Crippen LogP contribution in [0.25, 0.3) is 0 Å². The van der Waals surface area contributed by atoms with Gasteiger partial charge in [0, 0.05) is 48.5 Å². The van der Waals surface area contributed by atoms with E-state index in [1.54, 1.807) is 0 Å². The maximum absolute atomic E-state index is 10.6. The van der Waals surface area contributed by atoms with Gasteiger partial charge in [0.1, 0.15) is 11.9 Å². The van der Waals surface area contributed by atoms with Crippen molar-refractivity contribution >= 4 is 11.8 Å². The molecule has 23 heavy (non-hydrogen) atoms. The average molecular weight is 328 g/mol. The smallest absolute Gasteiger partial charge is 0.144 e. The molecule has 120 valence electrons. The third-order valence-electron chi connectivity index (χ3n) is 4.52. The van der Waals surface area contributed by atoms with Crippen LogP contribution < -0.4 is 0 Å². The molecule has 1 saturated heterocycles. The van der Waals surface area contributed by atoms with Crippen molar-refractivity contribution in [2.45, 2.75) is 19.3 Å². The predicted octanol–water partition coefficient (Wildman–Crippen LogP) is 2.96. The Labute approximate surface area is 140 Å². The van der Waals surface area contributed by atoms with Crippen LogP contribution in [0, 0.1) is 0 Å². The number of benzene rings is 1. The molecule has 4 rings (SSSR count). The first-order chi connectivity index (χ1) is 11.3. The quantitative estimate of drug-likeness (QED) is 0.938. The SMILES string of the molecule is Oc1c(CN2CCSCC2)ncc2c1COC2c1ccccc1. The fraction of sp³-hybridized carbons (Fsp3) is 0.389. The zero-order chi connectivity index (χ0) is 15.6. The number of fused-ring (bicyclic) bond motifs is 1. The van der Waals surface area contributed by atoms with Gasteiger partial charge in [0.25, 0.3) is 0 Å². The molecular formula is C18H20N2O2S. The Balaban J connectivity index is 1.60. The second-order valence-electron chi connectivity index (χ2n) is 5.98. The summed E-state index contributed by atoms with van der Waals surface area (Å²) < 4.78 is 5.92. The van der Waals surface area contributed by atoms with Crippen LogP contribution in [0.2, 0.25) is 0 Å². The highest BCUT2D eigenvalue weighted by Gasteiger charge is 2.29. The van der Waals surface area contributed by atoms with Gasteiger partial charge in [0.05, 0.1) is 12.3 Å². The van der Waals surface area contributed by atoms with E-state index < -0.39 is 0 Å². The first kappa shape index (κ1) is 15.0. The average Bonchev–Trinajstić information content (AvgIpc) is 3.04. The largest absolute Gasteiger partial charge is 0.506 e. The molecule has 1 aromatic carbocycles. The summed E-state index contributed by atoms with van der Waals surface area (Å²) in [7, 11) is 0. The molecule has 0 amide bonds. The van der Waals surface area contributed by atoms with E-state index in [1.807, 2.05) is 36.2 Å². The van der Waals surface area contributed by atoms with E-state index >= 15 is 0 Å². The van der Waals surface area contributed by atoms with Crippen LogP contribution >= 0.6 is 11.8 Å². The number of hydrogen-bond donors (Lipinski definition) is 1. The Bertz CT molecular complexity index is 687. The number of pyridine rings is 1. The summed E-state index contributed by atoms with van der Waals surface area (Å²) >= 11 is 1.99. The lowest BCUT2D eigenvalue weighted by Crippen LogP contribution is -2.32. The van der Waals surface area contributed by atoms with E-state index in [4.69, 9.17) is 4.74 Å². The number of hydrogen-bond acceptors (Lipinski definition) is 5. The van der Waals surface area contributed by atoms with Crippen LogP contribution in [-0.2, 0) is 17.9 Å². The summed E-state index contributed by atoms with van der Waals surface area (Å²) in [5.74, 6) is 2.63. The second kappa shape index (κ2) is 6.51. The van der Waals surface area contributed by atoms with Gasteiger partial charge in [-0.1, -0.05) is 30.3 Å². The lowest BCUT2D eigenvalue weighted by molar-refractivity contribution is 0.0932. The van der Waals surface area contributed by atoms with Crippen molar-refractivity contribution in [2.24, 2.45) is 0 Å². The van der Waals surface area contributed by atoms with Gasteiger partial charge in [-0.15, -0.1) is 0 Å². The van der Waals surface area contributed by atoms with E-state index in [9.17, 15) is 5.11 Å². The molecule has 1 aromatic heterocycles. The van der Waals surface area contributed by atoms with Crippen LogP contribution in [0.15, 0.2) is 36.5 Å². The molecule has 2 aliphatic heterocycles. The minimum Gasteiger partial charge on any atom is -0.506 e. The Morgan fingerprint density at radius 1 is 1.22 bits per heavy atom. The maximum atomic E-state index is 10.6. The number of nitrogens with zero attached hydrogens (tertiary/aromatic N) is 2. The van der Waals surface area contributed by atoms with Crippen molar-refractivity contribution in [3.05, 3.63) is 58.9 Å². The van der Waals surface area contributed by atoms with Crippen LogP contribution in [0.1, 0.15) is 28.5 Å². The highest BCUT2D eigenvalue weighted by atomic mass is 32.2. The zero-order valence-electron chi connectivity index (χ0n) is 12.9. The third-order valence-corrected chi connectivity index (χ3v) is 5.47. The lowest BCUT2D eigenvalue weighted by Gasteiger charge is -2.26. The van der Waals surface area contributed by atoms with E-state index in [0.717, 1.165) is 53.5 Å². The van der Waals surface area contributed by atoms with Crippen molar-refractivity contribution in [2.75, 3.05) is 24.6 Å². The normalized spacial score (nSPS) is 21.3. The second-order valence-corrected chi connectivity index (χ2v) is 7.20. The van der Waals surface area contributed by atoms with Gasteiger partial charge < -0.3 is 9.84 Å². The standard InChI is InChI=1S/C18H20N2O2S/c21-17-15-12-22-18(13-4-2-1-3-5-13)14(15)10-19-16(17)11-20-6-8-23-9-7-20/h1-5,10,18,21H,6-9,11-12H2. The number of aromatic hydroxyl groups is 1. The minimum absolute atomic E-state index is 0.120. The summed E-state index contributed by atoms with van der Waals surface area (Å²) in [4.78, 5) is 6.90. The summed E-state index contributed by atoms with van der Waals surface area (Å²) in [6.07, 6.45) is 1.76. The molecule has 0 spiro atoms. The molecule has 5 heteroatoms. The van der Waals surface area contributed by atoms with Gasteiger partial charge in [0.2, 0.25) is 0 Å². The molecule has 0 bridgehead atoms. The molecule has 1 N–H and O–H groups in total. The maximum Gasteiger partial charge on any atom is 0.144 e. The summed E-state index contributed by atoms with van der Waals surface area (Å²) in [5, 5.41) is 10.6. The Hall–Kier alpha value is -1.56. The van der Waals surface area contributed by atoms with Crippen LogP contribution in [0.5, 0.6) is 5.75 Å². The molecule has 2 aliphatic rings. The van der Waals surface area contributed by atoms with Gasteiger partial charge in [-0.2, -0.15) is 11.8 Å². The molecule has 0 saturated carbocycles. The fourth-order valence-corrected chi connectivity index (χ4v) is 4.20. The van der Waals surface area contributed by atoms with E-state index in [-0.39, 0.29) is 6.10 Å². The molecule has 1 fully saturated rings. The first-order valence-electron chi connectivity index (χ1n) is 7.99. The number of ether oxygens (including phenoxy) is 1. The first-order valence-corrected chi connectivity index (χ1v) is 9.14. The van der Waals surface area contributed by atoms with Gasteiger partial charge in [-0.25, -0.2) is 0 Å². The van der Waals surface area contributed by atoms with Crippen LogP contribution in [0.4, 0.5) is 0 Å². The minimum atomic E-state index is -0.120. The van der Waals surface area contributed by atoms with Crippen molar-refractivity contribution < 1.29 is 9.84 Å². The van der Waals surface area contributed by atoms with Gasteiger partial charge in [-0.05, 0) is 5.56 Å². The topological polar surface area (TPSA) is 45.6 Å². The molecule has 1 atom stereocenters. The van der Waals surface area contributed by atoms with Crippen LogP contribution in [0.3, 0.4) is 0 Å². The molecular weight excluding hydrogens is 308 g/mol. The van der Waals surface area contributed by atoms with Gasteiger partial charge in [-0.3, -0.25) is 9.88 Å². The highest BCUT2D eigenvalue weighted by Crippen LogP contribution is 2.40. The van der Waals surface area contributed by atoms with Gasteiger partial charge >= 0.3 is 0 Å². The summed E-state index contributed by atoms with van der Waals surface area (Å²) in [5.41, 5.74) is 3.77. The van der Waals surface area contributed by atoms with E-state index in [2.05, 4.69) is 22.0 Å². The Kier molecular flexibility index (Phi) is 4.25. The number of aromatic nitrogens is 1. The van der Waals surface area contributed by atoms with Crippen molar-refractivity contribution in [3.63, 3.8) is 0 Å². The third kappa shape index (κ3) is 2.96. The Morgan fingerprint density at radius 2 is 2.00 bits per heavy atom. The summed E-state index contributed by atoms with van der Waals surface area (Å²) in [6, 6.07) is 10.1. The van der Waals surface area contributed by atoms with E-state index in [1.165, 1.54) is 0 Å². The number of rotatable bonds is 3. The molecule has 0 radical (unpaired) electrons. The Morgan fingerprint density at radius 3 is 2.78 bits per heavy atom. The molecule has 3 heterocycles. The van der Waals surface area contributed by atoms with Gasteiger partial charge in [0.15, 0.2) is 0 Å². The molecule has 2 aromatic rings. The molecule has 0 aliphatic carbocycles. The zero-order valence-corrected chi connectivity index (χ0v) is 13.8. The van der Waals surface area contributed by atoms with Crippen molar-refractivity contribution in [1.82, 2.24) is 9.88 Å². The molecule has 4 nitrogen and oxygen atoms in total. The lowest BCUT2D eigenvalue weighted by atomic mass is 10.00. The van der Waals surface area contributed by atoms with Crippen molar-refractivity contribution in [1.29, 1.82) is 0 Å². The van der Waals surface area contributed by atoms with Crippen LogP contribution in [-0.4, -0.2) is 39.6 Å². The van der Waals surface area contributed by atoms with E-state index in [0.29, 0.717) is 12.4 Å².